The van der Waals surface area contributed by atoms with E-state index < -0.39 is 0 Å². The van der Waals surface area contributed by atoms with Gasteiger partial charge in [-0.2, -0.15) is 0 Å². The van der Waals surface area contributed by atoms with E-state index in [0.717, 1.165) is 19.5 Å². The predicted octanol–water partition coefficient (Wildman–Crippen LogP) is 1.90. The molecule has 1 aliphatic heterocycles. The van der Waals surface area contributed by atoms with Gasteiger partial charge in [0.15, 0.2) is 5.84 Å². The number of likely N-dealkylation sites (tertiary alicyclic amines) is 1. The molecule has 1 atom stereocenters. The number of hydrogen-bond acceptors (Lipinski definition) is 3. The van der Waals surface area contributed by atoms with Crippen LogP contribution >= 0.6 is 0 Å². The summed E-state index contributed by atoms with van der Waals surface area (Å²) in [4.78, 5) is 14.3. The molecule has 1 aromatic carbocycles. The molecule has 2 rings (SSSR count). The molecule has 1 amide bonds. The maximum absolute atomic E-state index is 12.5. The number of hydrogen-bond donors (Lipinski definition) is 2. The lowest BCUT2D eigenvalue weighted by molar-refractivity contribution is 0.0784. The number of carbonyl (C=O) groups is 1. The third kappa shape index (κ3) is 2.92. The molecule has 1 fully saturated rings. The first-order chi connectivity index (χ1) is 9.52. The van der Waals surface area contributed by atoms with Gasteiger partial charge in [0.2, 0.25) is 0 Å². The van der Waals surface area contributed by atoms with Crippen molar-refractivity contribution in [1.82, 2.24) is 4.90 Å². The van der Waals surface area contributed by atoms with Crippen molar-refractivity contribution in [2.75, 3.05) is 13.1 Å². The van der Waals surface area contributed by atoms with Crippen LogP contribution in [0.2, 0.25) is 0 Å². The Morgan fingerprint density at radius 3 is 2.75 bits per heavy atom. The zero-order valence-electron chi connectivity index (χ0n) is 11.9. The summed E-state index contributed by atoms with van der Waals surface area (Å²) in [5, 5.41) is 11.7. The third-order valence-electron chi connectivity index (χ3n) is 3.97. The molecule has 5 heteroatoms. The molecule has 1 saturated heterocycles. The van der Waals surface area contributed by atoms with Crippen LogP contribution in [-0.4, -0.2) is 34.9 Å². The number of benzene rings is 1. The second-order valence-electron chi connectivity index (χ2n) is 5.61. The topological polar surface area (TPSA) is 78.9 Å². The molecule has 0 aromatic heterocycles. The second-order valence-corrected chi connectivity index (χ2v) is 5.61. The van der Waals surface area contributed by atoms with Crippen molar-refractivity contribution in [3.8, 4) is 0 Å². The summed E-state index contributed by atoms with van der Waals surface area (Å²) in [6.07, 6.45) is 1.06. The van der Waals surface area contributed by atoms with Crippen LogP contribution in [0.3, 0.4) is 0 Å². The summed E-state index contributed by atoms with van der Waals surface area (Å²) < 4.78 is 0. The molecule has 0 radical (unpaired) electrons. The summed E-state index contributed by atoms with van der Waals surface area (Å²) in [6.45, 7) is 6.00. The van der Waals surface area contributed by atoms with Crippen LogP contribution in [0, 0.1) is 11.8 Å². The van der Waals surface area contributed by atoms with E-state index in [0.29, 0.717) is 23.0 Å². The molecule has 108 valence electrons. The molecule has 1 heterocycles. The van der Waals surface area contributed by atoms with Gasteiger partial charge in [-0.1, -0.05) is 31.1 Å². The highest BCUT2D eigenvalue weighted by molar-refractivity contribution is 6.01. The van der Waals surface area contributed by atoms with Crippen LogP contribution in [0.25, 0.3) is 0 Å². The zero-order chi connectivity index (χ0) is 14.7. The van der Waals surface area contributed by atoms with Gasteiger partial charge in [-0.25, -0.2) is 0 Å². The largest absolute Gasteiger partial charge is 0.409 e. The van der Waals surface area contributed by atoms with Gasteiger partial charge in [0, 0.05) is 24.2 Å². The van der Waals surface area contributed by atoms with Gasteiger partial charge in [-0.15, -0.1) is 0 Å². The fourth-order valence-electron chi connectivity index (χ4n) is 2.57. The minimum absolute atomic E-state index is 0.0146. The van der Waals surface area contributed by atoms with Gasteiger partial charge in [-0.05, 0) is 30.4 Å². The fraction of sp³-hybridized carbons (Fsp3) is 0.467. The lowest BCUT2D eigenvalue weighted by Gasteiger charge is -2.18. The fourth-order valence-corrected chi connectivity index (χ4v) is 2.57. The average molecular weight is 275 g/mol. The number of amidine groups is 1. The summed E-state index contributed by atoms with van der Waals surface area (Å²) in [5.74, 6) is 1.20. The number of amides is 1. The summed E-state index contributed by atoms with van der Waals surface area (Å²) in [7, 11) is 0. The highest BCUT2D eigenvalue weighted by Crippen LogP contribution is 2.25. The van der Waals surface area contributed by atoms with Gasteiger partial charge >= 0.3 is 0 Å². The first-order valence-electron chi connectivity index (χ1n) is 6.90. The van der Waals surface area contributed by atoms with Gasteiger partial charge in [0.05, 0.1) is 0 Å². The van der Waals surface area contributed by atoms with Crippen LogP contribution in [0.4, 0.5) is 0 Å². The number of carbonyl (C=O) groups excluding carboxylic acids is 1. The number of nitrogens with zero attached hydrogens (tertiary/aromatic N) is 2. The SMILES string of the molecule is CC(C)C1CCN(C(=O)c2cccc(/C(N)=N/O)c2)C1. The highest BCUT2D eigenvalue weighted by atomic mass is 16.4. The number of rotatable bonds is 3. The summed E-state index contributed by atoms with van der Waals surface area (Å²) >= 11 is 0. The Kier molecular flexibility index (Phi) is 4.27. The van der Waals surface area contributed by atoms with Crippen molar-refractivity contribution < 1.29 is 10.0 Å². The quantitative estimate of drug-likeness (QED) is 0.383. The minimum Gasteiger partial charge on any atom is -0.409 e. The van der Waals surface area contributed by atoms with Crippen molar-refractivity contribution in [3.05, 3.63) is 35.4 Å². The molecule has 3 N–H and O–H groups in total. The molecule has 0 saturated carbocycles. The average Bonchev–Trinajstić information content (AvgIpc) is 2.95. The van der Waals surface area contributed by atoms with Gasteiger partial charge in [0.25, 0.3) is 5.91 Å². The lowest BCUT2D eigenvalue weighted by Crippen LogP contribution is -2.29. The number of nitrogens with two attached hydrogens (primary N) is 1. The van der Waals surface area contributed by atoms with E-state index >= 15 is 0 Å². The predicted molar refractivity (Wildman–Crippen MR) is 77.8 cm³/mol. The first-order valence-corrected chi connectivity index (χ1v) is 6.90. The van der Waals surface area contributed by atoms with E-state index in [2.05, 4.69) is 19.0 Å². The van der Waals surface area contributed by atoms with Gasteiger partial charge in [-0.3, -0.25) is 4.79 Å². The minimum atomic E-state index is 0.0146. The molecule has 0 bridgehead atoms. The van der Waals surface area contributed by atoms with E-state index in [1.54, 1.807) is 24.3 Å². The van der Waals surface area contributed by atoms with E-state index in [4.69, 9.17) is 10.9 Å². The van der Waals surface area contributed by atoms with E-state index in [1.807, 2.05) is 4.90 Å². The smallest absolute Gasteiger partial charge is 0.253 e. The van der Waals surface area contributed by atoms with Gasteiger partial charge in [0.1, 0.15) is 0 Å². The van der Waals surface area contributed by atoms with E-state index in [-0.39, 0.29) is 11.7 Å². The molecule has 1 aromatic rings. The van der Waals surface area contributed by atoms with Crippen molar-refractivity contribution >= 4 is 11.7 Å². The Balaban J connectivity index is 2.14. The maximum Gasteiger partial charge on any atom is 0.253 e. The molecule has 1 unspecified atom stereocenters. The Morgan fingerprint density at radius 1 is 1.45 bits per heavy atom. The number of oxime groups is 1. The molecule has 1 aliphatic rings. The highest BCUT2D eigenvalue weighted by Gasteiger charge is 2.28. The maximum atomic E-state index is 12.5. The molecule has 20 heavy (non-hydrogen) atoms. The van der Waals surface area contributed by atoms with Crippen LogP contribution in [0.15, 0.2) is 29.4 Å². The van der Waals surface area contributed by atoms with Crippen molar-refractivity contribution in [3.63, 3.8) is 0 Å². The van der Waals surface area contributed by atoms with Crippen molar-refractivity contribution in [1.29, 1.82) is 0 Å². The third-order valence-corrected chi connectivity index (χ3v) is 3.97. The Labute approximate surface area is 119 Å². The van der Waals surface area contributed by atoms with Crippen LogP contribution < -0.4 is 5.73 Å². The standard InChI is InChI=1S/C15H21N3O2/c1-10(2)13-6-7-18(9-13)15(19)12-5-3-4-11(8-12)14(16)17-20/h3-5,8,10,13,20H,6-7,9H2,1-2H3,(H2,16,17). The van der Waals surface area contributed by atoms with Gasteiger partial charge < -0.3 is 15.8 Å². The zero-order valence-corrected chi connectivity index (χ0v) is 11.9. The molecule has 0 aliphatic carbocycles. The molecular formula is C15H21N3O2. The summed E-state index contributed by atoms with van der Waals surface area (Å²) in [5.41, 5.74) is 6.69. The Morgan fingerprint density at radius 2 is 2.15 bits per heavy atom. The second kappa shape index (κ2) is 5.94. The molecule has 0 spiro atoms. The Bertz CT molecular complexity index is 526. The Hall–Kier alpha value is -2.04. The van der Waals surface area contributed by atoms with Crippen molar-refractivity contribution in [2.24, 2.45) is 22.7 Å². The molecule has 5 nitrogen and oxygen atoms in total. The first kappa shape index (κ1) is 14.4. The monoisotopic (exact) mass is 275 g/mol. The van der Waals surface area contributed by atoms with Crippen LogP contribution in [-0.2, 0) is 0 Å². The normalized spacial score (nSPS) is 19.6. The summed E-state index contributed by atoms with van der Waals surface area (Å²) in [6, 6.07) is 6.89. The van der Waals surface area contributed by atoms with Crippen LogP contribution in [0.1, 0.15) is 36.2 Å². The van der Waals surface area contributed by atoms with Crippen molar-refractivity contribution in [2.45, 2.75) is 20.3 Å². The van der Waals surface area contributed by atoms with Crippen LogP contribution in [0.5, 0.6) is 0 Å². The molecular weight excluding hydrogens is 254 g/mol. The lowest BCUT2D eigenvalue weighted by atomic mass is 9.95. The van der Waals surface area contributed by atoms with E-state index in [9.17, 15) is 4.79 Å². The van der Waals surface area contributed by atoms with E-state index in [1.165, 1.54) is 0 Å².